The smallest absolute Gasteiger partial charge is 0.258 e. The van der Waals surface area contributed by atoms with Crippen molar-refractivity contribution in [2.75, 3.05) is 18.5 Å². The van der Waals surface area contributed by atoms with Crippen LogP contribution < -0.4 is 10.6 Å². The zero-order chi connectivity index (χ0) is 19.2. The molecule has 0 bridgehead atoms. The molecule has 27 heavy (non-hydrogen) atoms. The Kier molecular flexibility index (Phi) is 6.36. The Labute approximate surface area is 160 Å². The Hall–Kier alpha value is -2.51. The van der Waals surface area contributed by atoms with Gasteiger partial charge in [-0.05, 0) is 49.2 Å². The topological polar surface area (TPSA) is 62.7 Å². The second kappa shape index (κ2) is 8.92. The molecular formula is C19H18ClF2N3O2. The minimum atomic E-state index is -0.552. The first-order valence-corrected chi connectivity index (χ1v) is 8.84. The minimum absolute atomic E-state index is 0.0234. The van der Waals surface area contributed by atoms with Gasteiger partial charge < -0.3 is 10.1 Å². The average molecular weight is 394 g/mol. The zero-order valence-corrected chi connectivity index (χ0v) is 15.1. The summed E-state index contributed by atoms with van der Waals surface area (Å²) in [4.78, 5) is 16.8. The van der Waals surface area contributed by atoms with Crippen LogP contribution in [-0.4, -0.2) is 31.1 Å². The molecule has 0 aliphatic carbocycles. The fourth-order valence-electron chi connectivity index (χ4n) is 2.61. The first-order valence-electron chi connectivity index (χ1n) is 8.46. The number of carbonyl (C=O) groups is 1. The summed E-state index contributed by atoms with van der Waals surface area (Å²) < 4.78 is 32.2. The van der Waals surface area contributed by atoms with Gasteiger partial charge in [-0.2, -0.15) is 0 Å². The lowest BCUT2D eigenvalue weighted by Gasteiger charge is -2.14. The van der Waals surface area contributed by atoms with Gasteiger partial charge in [0.2, 0.25) is 5.96 Å². The molecule has 0 aromatic heterocycles. The molecular weight excluding hydrogens is 376 g/mol. The van der Waals surface area contributed by atoms with Crippen molar-refractivity contribution in [3.63, 3.8) is 0 Å². The maximum Gasteiger partial charge on any atom is 0.258 e. The summed E-state index contributed by atoms with van der Waals surface area (Å²) in [5.74, 6) is -1.45. The van der Waals surface area contributed by atoms with Gasteiger partial charge in [0.05, 0.1) is 17.7 Å². The zero-order valence-electron chi connectivity index (χ0n) is 14.3. The number of carbonyl (C=O) groups excluding carboxylic acids is 1. The van der Waals surface area contributed by atoms with Gasteiger partial charge in [-0.3, -0.25) is 10.1 Å². The van der Waals surface area contributed by atoms with E-state index in [4.69, 9.17) is 16.3 Å². The molecule has 3 rings (SSSR count). The van der Waals surface area contributed by atoms with Gasteiger partial charge in [0.15, 0.2) is 0 Å². The fraction of sp³-hybridized carbons (Fsp3) is 0.263. The van der Waals surface area contributed by atoms with Crippen LogP contribution in [0.2, 0.25) is 5.02 Å². The number of guanidine groups is 1. The molecule has 2 aromatic rings. The van der Waals surface area contributed by atoms with Crippen LogP contribution in [0.25, 0.3) is 0 Å². The third-order valence-electron chi connectivity index (χ3n) is 3.98. The first-order chi connectivity index (χ1) is 13.0. The molecule has 1 fully saturated rings. The number of nitrogens with zero attached hydrogens (tertiary/aromatic N) is 1. The lowest BCUT2D eigenvalue weighted by atomic mass is 10.2. The molecule has 1 saturated heterocycles. The van der Waals surface area contributed by atoms with Crippen LogP contribution in [0.1, 0.15) is 23.2 Å². The van der Waals surface area contributed by atoms with E-state index in [1.165, 1.54) is 36.4 Å². The number of aliphatic imine (C=N–C) groups is 1. The van der Waals surface area contributed by atoms with Gasteiger partial charge in [0.1, 0.15) is 11.6 Å². The molecule has 1 atom stereocenters. The van der Waals surface area contributed by atoms with E-state index in [2.05, 4.69) is 15.6 Å². The molecule has 8 heteroatoms. The van der Waals surface area contributed by atoms with Gasteiger partial charge in [-0.1, -0.05) is 17.7 Å². The number of rotatable bonds is 4. The Morgan fingerprint density at radius 2 is 2.11 bits per heavy atom. The molecule has 1 aliphatic rings. The third-order valence-corrected chi connectivity index (χ3v) is 4.27. The van der Waals surface area contributed by atoms with Crippen LogP contribution in [0.3, 0.4) is 0 Å². The second-order valence-electron chi connectivity index (χ2n) is 6.04. The third kappa shape index (κ3) is 5.48. The number of anilines is 1. The summed E-state index contributed by atoms with van der Waals surface area (Å²) in [6, 6.07) is 9.37. The van der Waals surface area contributed by atoms with E-state index >= 15 is 0 Å². The van der Waals surface area contributed by atoms with Crippen molar-refractivity contribution in [1.29, 1.82) is 0 Å². The maximum absolute atomic E-state index is 13.4. The largest absolute Gasteiger partial charge is 0.376 e. The maximum atomic E-state index is 13.4. The van der Waals surface area contributed by atoms with Crippen molar-refractivity contribution in [2.45, 2.75) is 18.9 Å². The van der Waals surface area contributed by atoms with Crippen LogP contribution >= 0.6 is 11.6 Å². The highest BCUT2D eigenvalue weighted by Gasteiger charge is 2.16. The Balaban J connectivity index is 1.76. The van der Waals surface area contributed by atoms with Crippen LogP contribution in [0.4, 0.5) is 14.5 Å². The number of benzene rings is 2. The quantitative estimate of drug-likeness (QED) is 0.609. The molecule has 0 spiro atoms. The predicted molar refractivity (Wildman–Crippen MR) is 100 cm³/mol. The van der Waals surface area contributed by atoms with E-state index in [1.54, 1.807) is 0 Å². The lowest BCUT2D eigenvalue weighted by Crippen LogP contribution is -2.36. The van der Waals surface area contributed by atoms with Crippen molar-refractivity contribution in [2.24, 2.45) is 4.99 Å². The van der Waals surface area contributed by atoms with Gasteiger partial charge in [-0.15, -0.1) is 0 Å². The van der Waals surface area contributed by atoms with Crippen molar-refractivity contribution in [1.82, 2.24) is 5.32 Å². The van der Waals surface area contributed by atoms with Crippen LogP contribution in [0.15, 0.2) is 47.5 Å². The standard InChI is InChI=1S/C19H18ClF2N3O2/c20-16-10-14(6-7-17(16)22)24-19(23-11-15-5-2-8-27-15)25-18(26)12-3-1-4-13(21)9-12/h1,3-4,6-7,9-10,15H,2,5,8,11H2,(H2,23,24,25,26)/t15-/m1/s1. The second-order valence-corrected chi connectivity index (χ2v) is 6.45. The summed E-state index contributed by atoms with van der Waals surface area (Å²) in [6.07, 6.45) is 1.83. The number of hydrogen-bond acceptors (Lipinski definition) is 3. The highest BCUT2D eigenvalue weighted by Crippen LogP contribution is 2.19. The molecule has 1 aliphatic heterocycles. The first kappa shape index (κ1) is 19.3. The van der Waals surface area contributed by atoms with E-state index in [1.807, 2.05) is 0 Å². The van der Waals surface area contributed by atoms with Crippen LogP contribution in [0.5, 0.6) is 0 Å². The van der Waals surface area contributed by atoms with E-state index in [0.717, 1.165) is 18.9 Å². The molecule has 1 heterocycles. The Morgan fingerprint density at radius 1 is 1.26 bits per heavy atom. The van der Waals surface area contributed by atoms with Crippen molar-refractivity contribution >= 4 is 29.2 Å². The van der Waals surface area contributed by atoms with Gasteiger partial charge in [0, 0.05) is 17.9 Å². The molecule has 1 amide bonds. The molecule has 2 N–H and O–H groups in total. The van der Waals surface area contributed by atoms with Crippen LogP contribution in [-0.2, 0) is 4.74 Å². The normalized spacial score (nSPS) is 17.0. The van der Waals surface area contributed by atoms with E-state index < -0.39 is 17.5 Å². The average Bonchev–Trinajstić information content (AvgIpc) is 3.16. The lowest BCUT2D eigenvalue weighted by molar-refractivity contribution is 0.0975. The predicted octanol–water partition coefficient (Wildman–Crippen LogP) is 4.00. The van der Waals surface area contributed by atoms with E-state index in [0.29, 0.717) is 18.8 Å². The molecule has 0 unspecified atom stereocenters. The van der Waals surface area contributed by atoms with E-state index in [-0.39, 0.29) is 22.6 Å². The summed E-state index contributed by atoms with van der Waals surface area (Å²) in [7, 11) is 0. The van der Waals surface area contributed by atoms with Gasteiger partial charge >= 0.3 is 0 Å². The van der Waals surface area contributed by atoms with E-state index in [9.17, 15) is 13.6 Å². The molecule has 2 aromatic carbocycles. The van der Waals surface area contributed by atoms with Crippen molar-refractivity contribution in [3.8, 4) is 0 Å². The minimum Gasteiger partial charge on any atom is -0.376 e. The van der Waals surface area contributed by atoms with Gasteiger partial charge in [-0.25, -0.2) is 13.8 Å². The van der Waals surface area contributed by atoms with Crippen molar-refractivity contribution in [3.05, 3.63) is 64.7 Å². The SMILES string of the molecule is O=C(NC(=NC[C@H]1CCCO1)Nc1ccc(F)c(Cl)c1)c1cccc(F)c1. The Bertz CT molecular complexity index is 855. The number of nitrogens with one attached hydrogen (secondary N) is 2. The van der Waals surface area contributed by atoms with Gasteiger partial charge in [0.25, 0.3) is 5.91 Å². The monoisotopic (exact) mass is 393 g/mol. The van der Waals surface area contributed by atoms with Crippen LogP contribution in [0, 0.1) is 11.6 Å². The number of hydrogen-bond donors (Lipinski definition) is 2. The molecule has 142 valence electrons. The summed E-state index contributed by atoms with van der Waals surface area (Å²) in [6.45, 7) is 1.03. The summed E-state index contributed by atoms with van der Waals surface area (Å²) >= 11 is 5.79. The van der Waals surface area contributed by atoms with Crippen molar-refractivity contribution < 1.29 is 18.3 Å². The highest BCUT2D eigenvalue weighted by atomic mass is 35.5. The number of amides is 1. The number of halogens is 3. The molecule has 0 saturated carbocycles. The molecule has 0 radical (unpaired) electrons. The summed E-state index contributed by atoms with van der Waals surface area (Å²) in [5, 5.41) is 5.45. The fourth-order valence-corrected chi connectivity index (χ4v) is 2.79. The number of ether oxygens (including phenoxy) is 1. The molecule has 5 nitrogen and oxygen atoms in total. The highest BCUT2D eigenvalue weighted by molar-refractivity contribution is 6.31. The Morgan fingerprint density at radius 3 is 2.81 bits per heavy atom. The summed E-state index contributed by atoms with van der Waals surface area (Å²) in [5.41, 5.74) is 0.603.